The quantitative estimate of drug-likeness (QED) is 0.622. The summed E-state index contributed by atoms with van der Waals surface area (Å²) in [6, 6.07) is 7.49. The molecule has 0 atom stereocenters. The highest BCUT2D eigenvalue weighted by atomic mass is 35.5. The minimum atomic E-state index is 0.499. The lowest BCUT2D eigenvalue weighted by Crippen LogP contribution is -1.68. The molecule has 62 valence electrons. The third-order valence-electron chi connectivity index (χ3n) is 1.18. The van der Waals surface area contributed by atoms with Gasteiger partial charge in [-0.1, -0.05) is 23.2 Å². The minimum Gasteiger partial charge on any atom is -0.229 e. The fourth-order valence-electron chi connectivity index (χ4n) is 0.676. The highest BCUT2D eigenvalue weighted by Gasteiger charge is 1.97. The van der Waals surface area contributed by atoms with E-state index in [1.54, 1.807) is 25.2 Å². The van der Waals surface area contributed by atoms with Crippen LogP contribution in [0.5, 0.6) is 0 Å². The molecule has 0 fully saturated rings. The number of benzene rings is 1. The van der Waals surface area contributed by atoms with Crippen molar-refractivity contribution in [2.24, 2.45) is 9.98 Å². The Kier molecular flexibility index (Phi) is 3.30. The van der Waals surface area contributed by atoms with Crippen molar-refractivity contribution in [2.75, 3.05) is 7.05 Å². The summed E-state index contributed by atoms with van der Waals surface area (Å²) in [6.45, 7) is 0. The van der Waals surface area contributed by atoms with Crippen LogP contribution in [-0.4, -0.2) is 13.1 Å². The molecule has 12 heavy (non-hydrogen) atoms. The maximum absolute atomic E-state index is 5.81. The van der Waals surface area contributed by atoms with Crippen LogP contribution >= 0.6 is 23.2 Å². The molecule has 1 aromatic carbocycles. The van der Waals surface area contributed by atoms with E-state index in [-0.39, 0.29) is 0 Å². The number of halogens is 2. The van der Waals surface area contributed by atoms with Crippen LogP contribution in [0.15, 0.2) is 28.2 Å². The average molecular weight is 201 g/mol. The van der Waals surface area contributed by atoms with Gasteiger partial charge < -0.3 is 0 Å². The van der Waals surface area contributed by atoms with Gasteiger partial charge in [0.25, 0.3) is 0 Å². The van der Waals surface area contributed by atoms with E-state index >= 15 is 0 Å². The van der Waals surface area contributed by atoms with Crippen molar-refractivity contribution in [2.45, 2.75) is 0 Å². The van der Waals surface area contributed by atoms with Crippen LogP contribution in [-0.2, 0) is 0 Å². The molecule has 0 heterocycles. The van der Waals surface area contributed by atoms with Crippen LogP contribution in [0.1, 0.15) is 0 Å². The molecule has 0 amide bonds. The molecular formula is C8H6Cl2N2. The van der Waals surface area contributed by atoms with Crippen LogP contribution < -0.4 is 0 Å². The Labute approximate surface area is 80.6 Å². The second-order valence-corrected chi connectivity index (χ2v) is 2.87. The summed E-state index contributed by atoms with van der Waals surface area (Å²) in [7, 11) is 1.59. The van der Waals surface area contributed by atoms with E-state index in [4.69, 9.17) is 23.2 Å². The molecule has 0 radical (unpaired) electrons. The molecule has 0 bridgehead atoms. The largest absolute Gasteiger partial charge is 0.229 e. The third-order valence-corrected chi connectivity index (χ3v) is 1.72. The van der Waals surface area contributed by atoms with E-state index in [0.29, 0.717) is 15.7 Å². The molecule has 1 rings (SSSR count). The lowest BCUT2D eigenvalue weighted by molar-refractivity contribution is 1.44. The summed E-state index contributed by atoms with van der Waals surface area (Å²) in [5.74, 6) is 0. The van der Waals surface area contributed by atoms with Gasteiger partial charge in [0.05, 0.1) is 16.7 Å². The maximum atomic E-state index is 5.81. The predicted octanol–water partition coefficient (Wildman–Crippen LogP) is 3.43. The lowest BCUT2D eigenvalue weighted by atomic mass is 10.3. The van der Waals surface area contributed by atoms with Crippen molar-refractivity contribution in [3.8, 4) is 0 Å². The van der Waals surface area contributed by atoms with Gasteiger partial charge in [0, 0.05) is 12.1 Å². The fraction of sp³-hybridized carbons (Fsp3) is 0.125. The normalized spacial score (nSPS) is 8.92. The van der Waals surface area contributed by atoms with Crippen LogP contribution in [0.4, 0.5) is 5.69 Å². The number of aliphatic imine (C=N–C) groups is 2. The second-order valence-electron chi connectivity index (χ2n) is 2.03. The molecule has 4 heteroatoms. The van der Waals surface area contributed by atoms with Gasteiger partial charge in [-0.05, 0) is 18.2 Å². The molecule has 2 nitrogen and oxygen atoms in total. The summed E-state index contributed by atoms with van der Waals surface area (Å²) in [5.41, 5.74) is 0.617. The van der Waals surface area contributed by atoms with Gasteiger partial charge in [-0.3, -0.25) is 0 Å². The van der Waals surface area contributed by atoms with E-state index in [9.17, 15) is 0 Å². The van der Waals surface area contributed by atoms with E-state index < -0.39 is 0 Å². The first kappa shape index (κ1) is 9.27. The van der Waals surface area contributed by atoms with E-state index in [1.807, 2.05) is 0 Å². The molecule has 0 aliphatic carbocycles. The Hall–Kier alpha value is -0.820. The Bertz CT molecular complexity index is 341. The first-order chi connectivity index (χ1) is 5.74. The van der Waals surface area contributed by atoms with E-state index in [0.717, 1.165) is 0 Å². The molecule has 0 aromatic heterocycles. The zero-order valence-electron chi connectivity index (χ0n) is 6.38. The van der Waals surface area contributed by atoms with Gasteiger partial charge in [0.1, 0.15) is 0 Å². The Balaban J connectivity index is 3.10. The highest BCUT2D eigenvalue weighted by Crippen LogP contribution is 2.27. The summed E-state index contributed by atoms with van der Waals surface area (Å²) in [5, 5.41) is 1.09. The van der Waals surface area contributed by atoms with Gasteiger partial charge in [0.15, 0.2) is 0 Å². The summed E-state index contributed by atoms with van der Waals surface area (Å²) in [6.07, 6.45) is 0. The van der Waals surface area contributed by atoms with Crippen molar-refractivity contribution in [3.05, 3.63) is 28.2 Å². The van der Waals surface area contributed by atoms with E-state index in [2.05, 4.69) is 16.0 Å². The summed E-state index contributed by atoms with van der Waals surface area (Å²) in [4.78, 5) is 7.44. The van der Waals surface area contributed by atoms with Crippen molar-refractivity contribution >= 4 is 34.9 Å². The van der Waals surface area contributed by atoms with Gasteiger partial charge in [-0.15, -0.1) is 0 Å². The van der Waals surface area contributed by atoms with Crippen molar-refractivity contribution in [1.29, 1.82) is 0 Å². The fourth-order valence-corrected chi connectivity index (χ4v) is 1.13. The first-order valence-electron chi connectivity index (χ1n) is 3.23. The smallest absolute Gasteiger partial charge is 0.0946 e. The van der Waals surface area contributed by atoms with Crippen LogP contribution in [0.3, 0.4) is 0 Å². The lowest BCUT2D eigenvalue weighted by Gasteiger charge is -1.94. The van der Waals surface area contributed by atoms with E-state index in [1.165, 1.54) is 0 Å². The Morgan fingerprint density at radius 3 is 2.67 bits per heavy atom. The Morgan fingerprint density at radius 1 is 1.33 bits per heavy atom. The zero-order chi connectivity index (χ0) is 8.97. The SMILES string of the molecule is CN=C=Nc1ccc(Cl)cc1Cl. The van der Waals surface area contributed by atoms with Crippen molar-refractivity contribution < 1.29 is 0 Å². The molecule has 0 aliphatic heterocycles. The zero-order valence-corrected chi connectivity index (χ0v) is 7.89. The van der Waals surface area contributed by atoms with Crippen LogP contribution in [0.25, 0.3) is 0 Å². The maximum Gasteiger partial charge on any atom is 0.0946 e. The predicted molar refractivity (Wildman–Crippen MR) is 51.9 cm³/mol. The van der Waals surface area contributed by atoms with Crippen molar-refractivity contribution in [3.63, 3.8) is 0 Å². The second kappa shape index (κ2) is 4.27. The molecule has 0 unspecified atom stereocenters. The molecule has 0 saturated heterocycles. The summed E-state index contributed by atoms with van der Waals surface area (Å²) < 4.78 is 0. The van der Waals surface area contributed by atoms with Gasteiger partial charge >= 0.3 is 0 Å². The highest BCUT2D eigenvalue weighted by molar-refractivity contribution is 6.36. The molecular weight excluding hydrogens is 195 g/mol. The topological polar surface area (TPSA) is 24.7 Å². The molecule has 0 spiro atoms. The van der Waals surface area contributed by atoms with Crippen LogP contribution in [0.2, 0.25) is 10.0 Å². The molecule has 0 N–H and O–H groups in total. The summed E-state index contributed by atoms with van der Waals surface area (Å²) >= 11 is 11.5. The Morgan fingerprint density at radius 2 is 2.08 bits per heavy atom. The first-order valence-corrected chi connectivity index (χ1v) is 3.99. The number of rotatable bonds is 1. The van der Waals surface area contributed by atoms with Gasteiger partial charge in [-0.25, -0.2) is 4.99 Å². The van der Waals surface area contributed by atoms with Crippen molar-refractivity contribution in [1.82, 2.24) is 0 Å². The number of hydrogen-bond acceptors (Lipinski definition) is 2. The molecule has 0 aliphatic rings. The average Bonchev–Trinajstić information content (AvgIpc) is 2.03. The standard InChI is InChI=1S/C8H6Cl2N2/c1-11-5-12-8-3-2-6(9)4-7(8)10/h2-4H,1H3. The number of nitrogens with zero attached hydrogens (tertiary/aromatic N) is 2. The monoisotopic (exact) mass is 200 g/mol. The van der Waals surface area contributed by atoms with Crippen LogP contribution in [0, 0.1) is 0 Å². The van der Waals surface area contributed by atoms with Gasteiger partial charge in [-0.2, -0.15) is 4.99 Å². The van der Waals surface area contributed by atoms with Gasteiger partial charge in [0.2, 0.25) is 0 Å². The molecule has 0 saturated carbocycles. The molecule has 1 aromatic rings. The number of hydrogen-bond donors (Lipinski definition) is 0. The third kappa shape index (κ3) is 2.35. The minimum absolute atomic E-state index is 0.499.